The molecular formula is C9H14N2O4S. The molecule has 0 saturated heterocycles. The summed E-state index contributed by atoms with van der Waals surface area (Å²) in [6, 6.07) is 2.85. The molecule has 6 nitrogen and oxygen atoms in total. The minimum Gasteiger partial charge on any atom is -0.495 e. The van der Waals surface area contributed by atoms with Crippen molar-refractivity contribution in [1.82, 2.24) is 5.48 Å². The van der Waals surface area contributed by atoms with Gasteiger partial charge in [-0.1, -0.05) is 0 Å². The Balaban J connectivity index is 3.34. The Labute approximate surface area is 94.4 Å². The van der Waals surface area contributed by atoms with Gasteiger partial charge in [0.2, 0.25) is 0 Å². The number of hydrogen-bond donors (Lipinski definition) is 2. The van der Waals surface area contributed by atoms with Crippen LogP contribution in [0.2, 0.25) is 0 Å². The molecule has 0 aliphatic rings. The fourth-order valence-corrected chi connectivity index (χ4v) is 2.31. The Morgan fingerprint density at radius 1 is 1.38 bits per heavy atom. The van der Waals surface area contributed by atoms with E-state index in [1.54, 1.807) is 6.92 Å². The van der Waals surface area contributed by atoms with Crippen molar-refractivity contribution in [3.63, 3.8) is 0 Å². The lowest BCUT2D eigenvalue weighted by Crippen LogP contribution is -2.17. The molecule has 0 heterocycles. The fraction of sp³-hybridized carbons (Fsp3) is 0.333. The normalized spacial score (nSPS) is 11.4. The van der Waals surface area contributed by atoms with E-state index in [1.807, 2.05) is 0 Å². The van der Waals surface area contributed by atoms with Crippen molar-refractivity contribution >= 4 is 15.8 Å². The van der Waals surface area contributed by atoms with Gasteiger partial charge in [-0.05, 0) is 18.6 Å². The molecule has 0 spiro atoms. The molecule has 16 heavy (non-hydrogen) atoms. The number of nitrogens with one attached hydrogen (secondary N) is 1. The van der Waals surface area contributed by atoms with Crippen molar-refractivity contribution < 1.29 is 17.4 Å². The second-order valence-electron chi connectivity index (χ2n) is 3.10. The number of nitrogen functional groups attached to an aromatic ring is 1. The van der Waals surface area contributed by atoms with Crippen LogP contribution in [0.3, 0.4) is 0 Å². The lowest BCUT2D eigenvalue weighted by molar-refractivity contribution is 0.231. The molecule has 0 saturated carbocycles. The van der Waals surface area contributed by atoms with E-state index in [4.69, 9.17) is 10.5 Å². The van der Waals surface area contributed by atoms with Crippen LogP contribution in [0.25, 0.3) is 0 Å². The maximum Gasteiger partial charge on any atom is 0.313 e. The van der Waals surface area contributed by atoms with Crippen molar-refractivity contribution in [2.75, 3.05) is 19.9 Å². The van der Waals surface area contributed by atoms with E-state index in [0.29, 0.717) is 17.0 Å². The monoisotopic (exact) mass is 246 g/mol. The summed E-state index contributed by atoms with van der Waals surface area (Å²) in [7, 11) is -1.06. The molecule has 7 heteroatoms. The van der Waals surface area contributed by atoms with Gasteiger partial charge in [-0.25, -0.2) is 0 Å². The quantitative estimate of drug-likeness (QED) is 0.591. The third-order valence-corrected chi connectivity index (χ3v) is 3.35. The van der Waals surface area contributed by atoms with Crippen molar-refractivity contribution in [2.45, 2.75) is 11.8 Å². The van der Waals surface area contributed by atoms with Gasteiger partial charge < -0.3 is 10.5 Å². The zero-order valence-electron chi connectivity index (χ0n) is 9.27. The summed E-state index contributed by atoms with van der Waals surface area (Å²) in [5.41, 5.74) is 8.64. The van der Waals surface area contributed by atoms with Crippen molar-refractivity contribution in [1.29, 1.82) is 0 Å². The van der Waals surface area contributed by atoms with E-state index in [9.17, 15) is 8.42 Å². The number of rotatable bonds is 4. The van der Waals surface area contributed by atoms with E-state index in [1.165, 1.54) is 26.3 Å². The van der Waals surface area contributed by atoms with Crippen molar-refractivity contribution in [3.05, 3.63) is 17.7 Å². The summed E-state index contributed by atoms with van der Waals surface area (Å²) in [4.78, 5) is 0.0212. The zero-order chi connectivity index (χ0) is 12.3. The molecule has 0 aliphatic heterocycles. The Kier molecular flexibility index (Phi) is 3.74. The zero-order valence-corrected chi connectivity index (χ0v) is 10.1. The molecular weight excluding hydrogens is 232 g/mol. The van der Waals surface area contributed by atoms with Gasteiger partial charge in [-0.15, -0.1) is 0 Å². The molecule has 3 N–H and O–H groups in total. The second-order valence-corrected chi connectivity index (χ2v) is 4.62. The Morgan fingerprint density at radius 3 is 2.50 bits per heavy atom. The first-order chi connectivity index (χ1) is 7.42. The van der Waals surface area contributed by atoms with Crippen LogP contribution in [-0.4, -0.2) is 22.6 Å². The Morgan fingerprint density at radius 2 is 2.00 bits per heavy atom. The summed E-state index contributed by atoms with van der Waals surface area (Å²) < 4.78 is 32.7. The Bertz CT molecular complexity index is 485. The lowest BCUT2D eigenvalue weighted by Gasteiger charge is -2.10. The molecule has 0 fully saturated rings. The number of nitrogens with two attached hydrogens (primary N) is 1. The van der Waals surface area contributed by atoms with Crippen LogP contribution >= 0.6 is 0 Å². The first-order valence-electron chi connectivity index (χ1n) is 4.46. The van der Waals surface area contributed by atoms with E-state index in [2.05, 4.69) is 9.76 Å². The summed E-state index contributed by atoms with van der Waals surface area (Å²) in [5.74, 6) is 0.295. The molecule has 0 radical (unpaired) electrons. The Hall–Kier alpha value is -1.31. The molecule has 0 atom stereocenters. The van der Waals surface area contributed by atoms with Gasteiger partial charge in [-0.3, -0.25) is 0 Å². The molecule has 1 aromatic carbocycles. The molecule has 0 bridgehead atoms. The SMILES string of the molecule is CNOS(=O)(=O)c1cc(OC)c(N)cc1C. The smallest absolute Gasteiger partial charge is 0.313 e. The minimum absolute atomic E-state index is 0.0212. The highest BCUT2D eigenvalue weighted by Crippen LogP contribution is 2.28. The number of ether oxygens (including phenoxy) is 1. The van der Waals surface area contributed by atoms with Crippen LogP contribution < -0.4 is 16.0 Å². The van der Waals surface area contributed by atoms with Gasteiger partial charge in [-0.2, -0.15) is 18.2 Å². The standard InChI is InChI=1S/C9H14N2O4S/c1-6-4-7(10)8(14-3)5-9(6)16(12,13)15-11-2/h4-5,11H,10H2,1-3H3. The van der Waals surface area contributed by atoms with Crippen LogP contribution in [0, 0.1) is 6.92 Å². The number of hydrogen-bond acceptors (Lipinski definition) is 6. The molecule has 1 aromatic rings. The predicted octanol–water partition coefficient (Wildman–Crippen LogP) is 0.426. The molecule has 90 valence electrons. The molecule has 1 rings (SSSR count). The molecule has 0 aromatic heterocycles. The van der Waals surface area contributed by atoms with Crippen LogP contribution in [0.5, 0.6) is 5.75 Å². The first kappa shape index (κ1) is 12.8. The maximum atomic E-state index is 11.7. The van der Waals surface area contributed by atoms with Crippen molar-refractivity contribution in [2.24, 2.45) is 0 Å². The topological polar surface area (TPSA) is 90.6 Å². The van der Waals surface area contributed by atoms with Crippen LogP contribution in [-0.2, 0) is 14.4 Å². The summed E-state index contributed by atoms with van der Waals surface area (Å²) in [6.07, 6.45) is 0. The second kappa shape index (κ2) is 4.69. The highest BCUT2D eigenvalue weighted by Gasteiger charge is 2.20. The number of anilines is 1. The van der Waals surface area contributed by atoms with E-state index >= 15 is 0 Å². The molecule has 0 amide bonds. The van der Waals surface area contributed by atoms with Crippen molar-refractivity contribution in [3.8, 4) is 5.75 Å². The van der Waals surface area contributed by atoms with Gasteiger partial charge in [0.1, 0.15) is 10.6 Å². The maximum absolute atomic E-state index is 11.7. The average Bonchev–Trinajstić information content (AvgIpc) is 2.17. The predicted molar refractivity (Wildman–Crippen MR) is 59.5 cm³/mol. The number of aryl methyl sites for hydroxylation is 1. The summed E-state index contributed by atoms with van der Waals surface area (Å²) in [5, 5.41) is 0. The van der Waals surface area contributed by atoms with E-state index in [-0.39, 0.29) is 4.90 Å². The van der Waals surface area contributed by atoms with Gasteiger partial charge in [0.05, 0.1) is 12.8 Å². The van der Waals surface area contributed by atoms with Gasteiger partial charge >= 0.3 is 10.1 Å². The average molecular weight is 246 g/mol. The van der Waals surface area contributed by atoms with Crippen LogP contribution in [0.1, 0.15) is 5.56 Å². The highest BCUT2D eigenvalue weighted by atomic mass is 32.2. The summed E-state index contributed by atoms with van der Waals surface area (Å²) in [6.45, 7) is 1.63. The third-order valence-electron chi connectivity index (χ3n) is 1.99. The lowest BCUT2D eigenvalue weighted by atomic mass is 10.2. The van der Waals surface area contributed by atoms with Gasteiger partial charge in [0, 0.05) is 13.1 Å². The van der Waals surface area contributed by atoms with Crippen LogP contribution in [0.4, 0.5) is 5.69 Å². The summed E-state index contributed by atoms with van der Waals surface area (Å²) >= 11 is 0. The molecule has 0 aliphatic carbocycles. The van der Waals surface area contributed by atoms with Gasteiger partial charge in [0.25, 0.3) is 0 Å². The largest absolute Gasteiger partial charge is 0.495 e. The number of benzene rings is 1. The first-order valence-corrected chi connectivity index (χ1v) is 5.87. The highest BCUT2D eigenvalue weighted by molar-refractivity contribution is 7.86. The van der Waals surface area contributed by atoms with Gasteiger partial charge in [0.15, 0.2) is 0 Å². The van der Waals surface area contributed by atoms with E-state index < -0.39 is 10.1 Å². The van der Waals surface area contributed by atoms with E-state index in [0.717, 1.165) is 0 Å². The number of hydroxylamine groups is 1. The number of methoxy groups -OCH3 is 1. The molecule has 0 unspecified atom stereocenters. The minimum atomic E-state index is -3.84. The van der Waals surface area contributed by atoms with Crippen LogP contribution in [0.15, 0.2) is 17.0 Å². The third kappa shape index (κ3) is 2.43. The fourth-order valence-electron chi connectivity index (χ4n) is 1.29.